The van der Waals surface area contributed by atoms with Gasteiger partial charge in [0.05, 0.1) is 0 Å². The maximum atomic E-state index is 11.9. The Morgan fingerprint density at radius 3 is 2.80 bits per heavy atom. The molecule has 1 unspecified atom stereocenters. The molecule has 88 valence electrons. The highest BCUT2D eigenvalue weighted by Crippen LogP contribution is 2.21. The van der Waals surface area contributed by atoms with Crippen LogP contribution in [-0.2, 0) is 10.8 Å². The van der Waals surface area contributed by atoms with Gasteiger partial charge >= 0.3 is 0 Å². The van der Waals surface area contributed by atoms with Crippen LogP contribution in [0.3, 0.4) is 0 Å². The van der Waals surface area contributed by atoms with Gasteiger partial charge in [0.15, 0.2) is 0 Å². The molecule has 0 N–H and O–H groups in total. The fourth-order valence-corrected chi connectivity index (χ4v) is 3.03. The first kappa shape index (κ1) is 13.2. The largest absolute Gasteiger partial charge is 0.299 e. The number of hydrogen-bond donors (Lipinski definition) is 0. The number of alkyl halides is 1. The first-order valence-electron chi connectivity index (χ1n) is 5.38. The molecular formula is C11H20ClNOS. The summed E-state index contributed by atoms with van der Waals surface area (Å²) < 4.78 is 11.8. The van der Waals surface area contributed by atoms with Crippen molar-refractivity contribution in [2.45, 2.75) is 25.0 Å². The quantitative estimate of drug-likeness (QED) is 0.564. The van der Waals surface area contributed by atoms with Gasteiger partial charge in [-0.2, -0.15) is 0 Å². The summed E-state index contributed by atoms with van der Waals surface area (Å²) in [5.41, 5.74) is 0. The molecule has 1 aliphatic heterocycles. The molecule has 0 aromatic carbocycles. The zero-order valence-corrected chi connectivity index (χ0v) is 11.1. The maximum absolute atomic E-state index is 11.9. The molecule has 1 rings (SSSR count). The predicted octanol–water partition coefficient (Wildman–Crippen LogP) is 2.01. The second-order valence-corrected chi connectivity index (χ2v) is 7.00. The molecule has 15 heavy (non-hydrogen) atoms. The van der Waals surface area contributed by atoms with E-state index in [2.05, 4.69) is 24.8 Å². The minimum absolute atomic E-state index is 0.0229. The van der Waals surface area contributed by atoms with Crippen molar-refractivity contribution < 1.29 is 4.21 Å². The molecule has 0 aliphatic carbocycles. The molecule has 0 saturated carbocycles. The minimum Gasteiger partial charge on any atom is -0.299 e. The van der Waals surface area contributed by atoms with E-state index in [9.17, 15) is 4.21 Å². The molecule has 0 bridgehead atoms. The lowest BCUT2D eigenvalue weighted by Crippen LogP contribution is -2.28. The zero-order valence-electron chi connectivity index (χ0n) is 9.54. The molecule has 1 fully saturated rings. The van der Waals surface area contributed by atoms with Crippen molar-refractivity contribution in [3.05, 3.63) is 12.2 Å². The summed E-state index contributed by atoms with van der Waals surface area (Å²) >= 11 is 5.57. The van der Waals surface area contributed by atoms with Gasteiger partial charge in [-0.15, -0.1) is 11.6 Å². The molecule has 0 spiro atoms. The number of allylic oxidation sites excluding steroid dienone is 1. The van der Waals surface area contributed by atoms with Crippen molar-refractivity contribution in [3.8, 4) is 0 Å². The van der Waals surface area contributed by atoms with Crippen molar-refractivity contribution in [3.63, 3.8) is 0 Å². The van der Waals surface area contributed by atoms with Crippen LogP contribution in [0, 0.1) is 0 Å². The Bertz CT molecular complexity index is 253. The highest BCUT2D eigenvalue weighted by molar-refractivity contribution is 7.86. The second-order valence-electron chi connectivity index (χ2n) is 4.49. The van der Waals surface area contributed by atoms with Gasteiger partial charge in [-0.1, -0.05) is 12.2 Å². The van der Waals surface area contributed by atoms with Crippen molar-refractivity contribution >= 4 is 22.4 Å². The van der Waals surface area contributed by atoms with Crippen LogP contribution in [0.5, 0.6) is 0 Å². The van der Waals surface area contributed by atoms with E-state index in [0.717, 1.165) is 31.8 Å². The van der Waals surface area contributed by atoms with Gasteiger partial charge in [0.2, 0.25) is 0 Å². The fourth-order valence-electron chi connectivity index (χ4n) is 1.61. The zero-order chi connectivity index (χ0) is 11.3. The van der Waals surface area contributed by atoms with Crippen LogP contribution in [0.2, 0.25) is 0 Å². The Morgan fingerprint density at radius 1 is 1.40 bits per heavy atom. The third-order valence-corrected chi connectivity index (χ3v) is 5.03. The summed E-state index contributed by atoms with van der Waals surface area (Å²) in [6.07, 6.45) is 5.07. The highest BCUT2D eigenvalue weighted by Gasteiger charge is 2.29. The lowest BCUT2D eigenvalue weighted by molar-refractivity contribution is 0.313. The molecule has 0 aromatic heterocycles. The lowest BCUT2D eigenvalue weighted by atomic mass is 10.1. The molecule has 1 aliphatic rings. The Hall–Kier alpha value is 0.140. The highest BCUT2D eigenvalue weighted by atomic mass is 35.5. The molecule has 1 heterocycles. The Morgan fingerprint density at radius 2 is 2.13 bits per heavy atom. The molecule has 1 atom stereocenters. The Balaban J connectivity index is 2.45. The van der Waals surface area contributed by atoms with E-state index < -0.39 is 10.8 Å². The molecular weight excluding hydrogens is 230 g/mol. The van der Waals surface area contributed by atoms with Gasteiger partial charge in [0.1, 0.15) is 0 Å². The van der Waals surface area contributed by atoms with Crippen LogP contribution < -0.4 is 0 Å². The SMILES string of the molecule is CC1(C)CCN(C/C=C/CCl)CCS1=O. The molecule has 4 heteroatoms. The average Bonchev–Trinajstić information content (AvgIpc) is 2.31. The monoisotopic (exact) mass is 249 g/mol. The van der Waals surface area contributed by atoms with Gasteiger partial charge in [-0.25, -0.2) is 0 Å². The summed E-state index contributed by atoms with van der Waals surface area (Å²) in [6.45, 7) is 7.09. The van der Waals surface area contributed by atoms with Crippen LogP contribution in [0.25, 0.3) is 0 Å². The summed E-state index contributed by atoms with van der Waals surface area (Å²) in [5, 5.41) is 0. The van der Waals surface area contributed by atoms with Gasteiger partial charge in [-0.3, -0.25) is 9.11 Å². The number of rotatable bonds is 3. The van der Waals surface area contributed by atoms with Crippen LogP contribution in [0.15, 0.2) is 12.2 Å². The van der Waals surface area contributed by atoms with Crippen LogP contribution in [-0.4, -0.2) is 45.1 Å². The summed E-state index contributed by atoms with van der Waals surface area (Å²) in [7, 11) is -0.688. The van der Waals surface area contributed by atoms with E-state index in [4.69, 9.17) is 11.6 Å². The predicted molar refractivity (Wildman–Crippen MR) is 68.0 cm³/mol. The van der Waals surface area contributed by atoms with Gasteiger partial charge in [0, 0.05) is 40.3 Å². The summed E-state index contributed by atoms with van der Waals surface area (Å²) in [5.74, 6) is 1.37. The van der Waals surface area contributed by atoms with Crippen molar-refractivity contribution in [2.24, 2.45) is 0 Å². The minimum atomic E-state index is -0.688. The van der Waals surface area contributed by atoms with E-state index in [1.54, 1.807) is 0 Å². The second kappa shape index (κ2) is 6.02. The fraction of sp³-hybridized carbons (Fsp3) is 0.818. The molecule has 2 nitrogen and oxygen atoms in total. The van der Waals surface area contributed by atoms with E-state index in [1.807, 2.05) is 6.08 Å². The molecule has 0 radical (unpaired) electrons. The molecule has 1 saturated heterocycles. The van der Waals surface area contributed by atoms with Crippen molar-refractivity contribution in [1.82, 2.24) is 4.90 Å². The van der Waals surface area contributed by atoms with Crippen LogP contribution in [0.4, 0.5) is 0 Å². The topological polar surface area (TPSA) is 20.3 Å². The van der Waals surface area contributed by atoms with Crippen LogP contribution in [0.1, 0.15) is 20.3 Å². The van der Waals surface area contributed by atoms with Crippen molar-refractivity contribution in [1.29, 1.82) is 0 Å². The third-order valence-electron chi connectivity index (χ3n) is 2.86. The van der Waals surface area contributed by atoms with Gasteiger partial charge in [0.25, 0.3) is 0 Å². The molecule has 0 aromatic rings. The Kier molecular flexibility index (Phi) is 5.30. The van der Waals surface area contributed by atoms with E-state index in [0.29, 0.717) is 5.88 Å². The van der Waals surface area contributed by atoms with E-state index in [-0.39, 0.29) is 4.75 Å². The van der Waals surface area contributed by atoms with E-state index >= 15 is 0 Å². The summed E-state index contributed by atoms with van der Waals surface area (Å²) in [4.78, 5) is 2.34. The van der Waals surface area contributed by atoms with E-state index in [1.165, 1.54) is 0 Å². The van der Waals surface area contributed by atoms with Crippen molar-refractivity contribution in [2.75, 3.05) is 31.3 Å². The first-order chi connectivity index (χ1) is 7.06. The van der Waals surface area contributed by atoms with Crippen LogP contribution >= 0.6 is 11.6 Å². The average molecular weight is 250 g/mol. The number of halogens is 1. The Labute approximate surface area is 100 Å². The summed E-state index contributed by atoms with van der Waals surface area (Å²) in [6, 6.07) is 0. The molecule has 0 amide bonds. The third kappa shape index (κ3) is 4.25. The lowest BCUT2D eigenvalue weighted by Gasteiger charge is -2.21. The standard InChI is InChI=1S/C11H20ClNOS/c1-11(2)5-8-13(7-4-3-6-12)9-10-15(11)14/h3-4H,5-10H2,1-2H3/b4-3+. The maximum Gasteiger partial charge on any atom is 0.0415 e. The van der Waals surface area contributed by atoms with Gasteiger partial charge < -0.3 is 0 Å². The first-order valence-corrected chi connectivity index (χ1v) is 7.23. The normalized spacial score (nSPS) is 28.1. The number of nitrogens with zero attached hydrogens (tertiary/aromatic N) is 1. The number of hydrogen-bond acceptors (Lipinski definition) is 2. The smallest absolute Gasteiger partial charge is 0.0415 e. The van der Waals surface area contributed by atoms with Gasteiger partial charge in [-0.05, 0) is 26.8 Å².